The molecule has 1 fully saturated rings. The number of benzene rings is 2. The number of carboxylic acids is 4. The number of aliphatic carboxylic acids is 4. The van der Waals surface area contributed by atoms with E-state index in [0.717, 1.165) is 73.7 Å². The number of hydrogen-bond acceptors (Lipinski definition) is 9. The van der Waals surface area contributed by atoms with Gasteiger partial charge in [0, 0.05) is 36.0 Å². The number of carbonyl (C=O) groups is 4. The van der Waals surface area contributed by atoms with Crippen LogP contribution in [0, 0.1) is 0 Å². The number of fused-ring (bicyclic) bond motifs is 1. The molecule has 1 saturated heterocycles. The lowest BCUT2D eigenvalue weighted by Gasteiger charge is -2.26. The third kappa shape index (κ3) is 9.79. The maximum Gasteiger partial charge on any atom is 0.414 e. The van der Waals surface area contributed by atoms with E-state index in [1.807, 2.05) is 18.2 Å². The van der Waals surface area contributed by atoms with E-state index in [4.69, 9.17) is 44.3 Å². The quantitative estimate of drug-likeness (QED) is 0.229. The van der Waals surface area contributed by atoms with Crippen molar-refractivity contribution in [2.45, 2.75) is 6.42 Å². The van der Waals surface area contributed by atoms with Crippen molar-refractivity contribution in [3.8, 4) is 11.3 Å². The van der Waals surface area contributed by atoms with E-state index in [1.165, 1.54) is 0 Å². The number of carboxylic acid groups (broad SMARTS) is 4. The molecule has 0 saturated carbocycles. The zero-order valence-electron chi connectivity index (χ0n) is 20.3. The Morgan fingerprint density at radius 2 is 1.29 bits per heavy atom. The predicted octanol–water partition coefficient (Wildman–Crippen LogP) is 1.74. The molecule has 5 N–H and O–H groups in total. The second-order valence-electron chi connectivity index (χ2n) is 7.76. The van der Waals surface area contributed by atoms with E-state index in [9.17, 15) is 0 Å². The summed E-state index contributed by atoms with van der Waals surface area (Å²) in [6.45, 7) is 5.75. The molecule has 3 aromatic rings. The van der Waals surface area contributed by atoms with Crippen LogP contribution in [0.2, 0.25) is 0 Å². The minimum Gasteiger partial charge on any atom is -0.473 e. The van der Waals surface area contributed by atoms with Gasteiger partial charge in [0.1, 0.15) is 5.69 Å². The zero-order valence-corrected chi connectivity index (χ0v) is 20.3. The first kappa shape index (κ1) is 29.6. The van der Waals surface area contributed by atoms with Crippen LogP contribution in [0.1, 0.15) is 6.42 Å². The van der Waals surface area contributed by atoms with Crippen LogP contribution in [0.4, 0.5) is 5.82 Å². The number of ether oxygens (including phenoxy) is 1. The molecule has 0 radical (unpaired) electrons. The monoisotopic (exact) mass is 528 g/mol. The Kier molecular flexibility index (Phi) is 12.1. The summed E-state index contributed by atoms with van der Waals surface area (Å²) in [7, 11) is 0. The molecule has 13 heteroatoms. The van der Waals surface area contributed by atoms with Gasteiger partial charge in [-0.15, -0.1) is 10.2 Å². The highest BCUT2D eigenvalue weighted by Gasteiger charge is 2.12. The molecule has 2 aromatic carbocycles. The second kappa shape index (κ2) is 15.5. The molecule has 4 rings (SSSR count). The molecule has 1 aliphatic heterocycles. The Balaban J connectivity index is 0.000000355. The topological polar surface area (TPSA) is 199 Å². The molecule has 0 unspecified atom stereocenters. The van der Waals surface area contributed by atoms with Crippen molar-refractivity contribution in [1.82, 2.24) is 15.1 Å². The van der Waals surface area contributed by atoms with Crippen LogP contribution in [0.15, 0.2) is 54.6 Å². The molecular formula is C25H28N4O9. The molecule has 202 valence electrons. The molecule has 1 aliphatic rings. The molecular weight excluding hydrogens is 500 g/mol. The minimum absolute atomic E-state index is 0.852. The van der Waals surface area contributed by atoms with Crippen LogP contribution in [-0.2, 0) is 23.9 Å². The predicted molar refractivity (Wildman–Crippen MR) is 136 cm³/mol. The third-order valence-electron chi connectivity index (χ3n) is 5.15. The van der Waals surface area contributed by atoms with Gasteiger partial charge < -0.3 is 30.5 Å². The van der Waals surface area contributed by atoms with E-state index in [2.05, 4.69) is 56.8 Å². The van der Waals surface area contributed by atoms with Gasteiger partial charge in [-0.1, -0.05) is 54.6 Å². The van der Waals surface area contributed by atoms with E-state index in [1.54, 1.807) is 0 Å². The van der Waals surface area contributed by atoms with Gasteiger partial charge in [-0.3, -0.25) is 4.90 Å². The summed E-state index contributed by atoms with van der Waals surface area (Å²) in [4.78, 5) is 38.9. The van der Waals surface area contributed by atoms with Crippen LogP contribution in [0.3, 0.4) is 0 Å². The Bertz CT molecular complexity index is 1180. The third-order valence-corrected chi connectivity index (χ3v) is 5.15. The first-order valence-electron chi connectivity index (χ1n) is 11.5. The number of aromatic nitrogens is 2. The normalized spacial score (nSPS) is 12.7. The molecule has 0 spiro atoms. The van der Waals surface area contributed by atoms with E-state index in [-0.39, 0.29) is 0 Å². The van der Waals surface area contributed by atoms with Crippen LogP contribution in [0.5, 0.6) is 0 Å². The summed E-state index contributed by atoms with van der Waals surface area (Å²) >= 11 is 0. The summed E-state index contributed by atoms with van der Waals surface area (Å²) in [5.74, 6) is -6.43. The fourth-order valence-electron chi connectivity index (χ4n) is 3.38. The summed E-state index contributed by atoms with van der Waals surface area (Å²) in [6, 6.07) is 18.6. The standard InChI is InChI=1S/C21H24N4O.2C2H2O4/c1-2-7-17(8-3-1)20-18-9-4-5-10-19(18)21(24-23-20)22-11-6-12-25-13-15-26-16-14-25;2*3-1(4)2(5)6/h1-5,7-10H,6,11-16H2,(H,22,24);2*(H,3,4)(H,5,6). The lowest BCUT2D eigenvalue weighted by atomic mass is 10.0. The first-order chi connectivity index (χ1) is 18.2. The van der Waals surface area contributed by atoms with Crippen LogP contribution < -0.4 is 5.32 Å². The summed E-state index contributed by atoms with van der Waals surface area (Å²) in [5.41, 5.74) is 2.02. The van der Waals surface area contributed by atoms with Crippen LogP contribution in [0.25, 0.3) is 22.0 Å². The van der Waals surface area contributed by atoms with E-state index >= 15 is 0 Å². The van der Waals surface area contributed by atoms with Gasteiger partial charge in [0.15, 0.2) is 5.82 Å². The van der Waals surface area contributed by atoms with Crippen molar-refractivity contribution in [3.63, 3.8) is 0 Å². The Morgan fingerprint density at radius 1 is 0.763 bits per heavy atom. The van der Waals surface area contributed by atoms with Gasteiger partial charge in [0.2, 0.25) is 0 Å². The number of hydrogen-bond donors (Lipinski definition) is 5. The fourth-order valence-corrected chi connectivity index (χ4v) is 3.38. The lowest BCUT2D eigenvalue weighted by molar-refractivity contribution is -0.159. The van der Waals surface area contributed by atoms with Gasteiger partial charge >= 0.3 is 23.9 Å². The van der Waals surface area contributed by atoms with E-state index in [0.29, 0.717) is 0 Å². The maximum atomic E-state index is 9.10. The van der Waals surface area contributed by atoms with Crippen molar-refractivity contribution >= 4 is 40.5 Å². The highest BCUT2D eigenvalue weighted by molar-refractivity contribution is 6.27. The highest BCUT2D eigenvalue weighted by atomic mass is 16.5. The molecule has 2 heterocycles. The van der Waals surface area contributed by atoms with Crippen LogP contribution >= 0.6 is 0 Å². The first-order valence-corrected chi connectivity index (χ1v) is 11.5. The number of anilines is 1. The summed E-state index contributed by atoms with van der Waals surface area (Å²) in [5, 5.41) is 44.3. The Hall–Kier alpha value is -4.62. The number of rotatable bonds is 6. The van der Waals surface area contributed by atoms with Crippen molar-refractivity contribution in [2.75, 3.05) is 44.7 Å². The van der Waals surface area contributed by atoms with Gasteiger partial charge in [0.05, 0.1) is 13.2 Å². The average Bonchev–Trinajstić information content (AvgIpc) is 2.92. The fraction of sp³-hybridized carbons (Fsp3) is 0.280. The largest absolute Gasteiger partial charge is 0.473 e. The SMILES string of the molecule is O=C(O)C(=O)O.O=C(O)C(=O)O.c1ccc(-c2nnc(NCCCN3CCOCC3)c3ccccc23)cc1. The minimum atomic E-state index is -1.82. The van der Waals surface area contributed by atoms with Gasteiger partial charge in [-0.25, -0.2) is 19.2 Å². The lowest BCUT2D eigenvalue weighted by Crippen LogP contribution is -2.37. The van der Waals surface area contributed by atoms with Crippen molar-refractivity contribution < 1.29 is 44.3 Å². The van der Waals surface area contributed by atoms with E-state index < -0.39 is 23.9 Å². The molecule has 0 aliphatic carbocycles. The molecule has 1 aromatic heterocycles. The summed E-state index contributed by atoms with van der Waals surface area (Å²) < 4.78 is 5.40. The number of morpholine rings is 1. The molecule has 13 nitrogen and oxygen atoms in total. The number of nitrogens with one attached hydrogen (secondary N) is 1. The molecule has 0 bridgehead atoms. The van der Waals surface area contributed by atoms with Gasteiger partial charge in [-0.2, -0.15) is 0 Å². The van der Waals surface area contributed by atoms with Crippen molar-refractivity contribution in [1.29, 1.82) is 0 Å². The molecule has 0 amide bonds. The van der Waals surface area contributed by atoms with Gasteiger partial charge in [-0.05, 0) is 13.0 Å². The highest BCUT2D eigenvalue weighted by Crippen LogP contribution is 2.29. The van der Waals surface area contributed by atoms with Crippen molar-refractivity contribution in [3.05, 3.63) is 54.6 Å². The Labute approximate surface area is 217 Å². The van der Waals surface area contributed by atoms with Crippen molar-refractivity contribution in [2.24, 2.45) is 0 Å². The smallest absolute Gasteiger partial charge is 0.414 e. The summed E-state index contributed by atoms with van der Waals surface area (Å²) in [6.07, 6.45) is 1.08. The Morgan fingerprint density at radius 3 is 1.84 bits per heavy atom. The average molecular weight is 529 g/mol. The van der Waals surface area contributed by atoms with Crippen LogP contribution in [-0.4, -0.2) is 98.8 Å². The molecule has 38 heavy (non-hydrogen) atoms. The maximum absolute atomic E-state index is 9.10. The molecule has 0 atom stereocenters. The number of nitrogens with zero attached hydrogens (tertiary/aromatic N) is 3. The second-order valence-corrected chi connectivity index (χ2v) is 7.76. The van der Waals surface area contributed by atoms with Gasteiger partial charge in [0.25, 0.3) is 0 Å². The zero-order chi connectivity index (χ0) is 27.9.